The number of likely N-dealkylation sites (tertiary alicyclic amines) is 1. The summed E-state index contributed by atoms with van der Waals surface area (Å²) in [6, 6.07) is 13.0. The molecule has 0 spiro atoms. The second-order valence-corrected chi connectivity index (χ2v) is 7.46. The molecule has 0 radical (unpaired) electrons. The van der Waals surface area contributed by atoms with E-state index in [0.29, 0.717) is 43.7 Å². The summed E-state index contributed by atoms with van der Waals surface area (Å²) in [4.78, 5) is 35.1. The number of aliphatic carboxylic acids is 1. The van der Waals surface area contributed by atoms with Gasteiger partial charge in [-0.1, -0.05) is 30.3 Å². The van der Waals surface area contributed by atoms with E-state index in [2.05, 4.69) is 20.0 Å². The Bertz CT molecular complexity index is 981. The van der Waals surface area contributed by atoms with Crippen LogP contribution < -0.4 is 0 Å². The van der Waals surface area contributed by atoms with Crippen LogP contribution in [0.2, 0.25) is 0 Å². The first kappa shape index (κ1) is 19.9. The zero-order valence-corrected chi connectivity index (χ0v) is 16.5. The Kier molecular flexibility index (Phi) is 5.94. The van der Waals surface area contributed by atoms with Crippen LogP contribution in [0.1, 0.15) is 28.8 Å². The SMILES string of the molecule is O=C(O)C1CCN(C(Cc2ccccc2)C(=O)c2ccc(-n3cncn3)nc2)CC1. The van der Waals surface area contributed by atoms with Crippen LogP contribution >= 0.6 is 0 Å². The molecule has 1 fully saturated rings. The van der Waals surface area contributed by atoms with E-state index in [0.717, 1.165) is 5.56 Å². The van der Waals surface area contributed by atoms with Gasteiger partial charge in [0.05, 0.1) is 12.0 Å². The van der Waals surface area contributed by atoms with Crippen molar-refractivity contribution in [3.05, 3.63) is 72.4 Å². The number of pyridine rings is 1. The monoisotopic (exact) mass is 405 g/mol. The van der Waals surface area contributed by atoms with Gasteiger partial charge in [0, 0.05) is 11.8 Å². The van der Waals surface area contributed by atoms with Gasteiger partial charge in [0.15, 0.2) is 11.6 Å². The van der Waals surface area contributed by atoms with Gasteiger partial charge >= 0.3 is 5.97 Å². The molecule has 0 bridgehead atoms. The molecule has 1 aromatic carbocycles. The largest absolute Gasteiger partial charge is 0.481 e. The molecule has 1 aliphatic rings. The van der Waals surface area contributed by atoms with Gasteiger partial charge in [0.1, 0.15) is 12.7 Å². The number of Topliss-reactive ketones (excluding diaryl/α,β-unsaturated/α-hetero) is 1. The molecule has 1 N–H and O–H groups in total. The lowest BCUT2D eigenvalue weighted by Crippen LogP contribution is -2.47. The van der Waals surface area contributed by atoms with Crippen LogP contribution in [0.5, 0.6) is 0 Å². The molecule has 0 amide bonds. The second kappa shape index (κ2) is 8.96. The maximum absolute atomic E-state index is 13.4. The summed E-state index contributed by atoms with van der Waals surface area (Å²) in [5.74, 6) is -0.512. The Morgan fingerprint density at radius 2 is 1.87 bits per heavy atom. The Balaban J connectivity index is 1.55. The van der Waals surface area contributed by atoms with Crippen molar-refractivity contribution in [3.63, 3.8) is 0 Å². The summed E-state index contributed by atoms with van der Waals surface area (Å²) in [6.45, 7) is 1.18. The summed E-state index contributed by atoms with van der Waals surface area (Å²) >= 11 is 0. The Morgan fingerprint density at radius 3 is 2.47 bits per heavy atom. The highest BCUT2D eigenvalue weighted by atomic mass is 16.4. The number of carboxylic acid groups (broad SMARTS) is 1. The van der Waals surface area contributed by atoms with Gasteiger partial charge < -0.3 is 5.11 Å². The number of hydrogen-bond donors (Lipinski definition) is 1. The summed E-state index contributed by atoms with van der Waals surface area (Å²) in [5.41, 5.74) is 1.60. The lowest BCUT2D eigenvalue weighted by molar-refractivity contribution is -0.143. The van der Waals surface area contributed by atoms with Crippen LogP contribution in [0.4, 0.5) is 0 Å². The molecule has 1 saturated heterocycles. The third-order valence-electron chi connectivity index (χ3n) is 5.58. The van der Waals surface area contributed by atoms with Crippen molar-refractivity contribution in [3.8, 4) is 5.82 Å². The predicted octanol–water partition coefficient (Wildman–Crippen LogP) is 2.25. The normalized spacial score (nSPS) is 16.3. The third-order valence-corrected chi connectivity index (χ3v) is 5.58. The molecule has 0 saturated carbocycles. The number of rotatable bonds is 7. The van der Waals surface area contributed by atoms with Crippen molar-refractivity contribution in [1.29, 1.82) is 0 Å². The number of nitrogens with zero attached hydrogens (tertiary/aromatic N) is 5. The molecule has 8 nitrogen and oxygen atoms in total. The van der Waals surface area contributed by atoms with Gasteiger partial charge in [0.2, 0.25) is 0 Å². The average Bonchev–Trinajstić information content (AvgIpc) is 3.33. The minimum absolute atomic E-state index is 0.00901. The standard InChI is InChI=1S/C22H23N5O3/c28-21(18-6-7-20(24-13-18)27-15-23-14-25-27)19(12-16-4-2-1-3-5-16)26-10-8-17(9-11-26)22(29)30/h1-7,13-15,17,19H,8-12H2,(H,29,30). The van der Waals surface area contributed by atoms with Gasteiger partial charge in [-0.15, -0.1) is 0 Å². The van der Waals surface area contributed by atoms with Crippen molar-refractivity contribution in [2.75, 3.05) is 13.1 Å². The van der Waals surface area contributed by atoms with E-state index in [4.69, 9.17) is 0 Å². The Morgan fingerprint density at radius 1 is 1.10 bits per heavy atom. The van der Waals surface area contributed by atoms with Gasteiger partial charge in [-0.05, 0) is 50.0 Å². The Labute approximate surface area is 174 Å². The van der Waals surface area contributed by atoms with E-state index < -0.39 is 5.97 Å². The second-order valence-electron chi connectivity index (χ2n) is 7.46. The number of carbonyl (C=O) groups excluding carboxylic acids is 1. The molecular formula is C22H23N5O3. The molecule has 3 aromatic rings. The van der Waals surface area contributed by atoms with E-state index in [1.807, 2.05) is 30.3 Å². The predicted molar refractivity (Wildman–Crippen MR) is 109 cm³/mol. The van der Waals surface area contributed by atoms with Gasteiger partial charge in [-0.2, -0.15) is 5.10 Å². The fourth-order valence-electron chi connectivity index (χ4n) is 3.87. The Hall–Kier alpha value is -3.39. The lowest BCUT2D eigenvalue weighted by Gasteiger charge is -2.35. The highest BCUT2D eigenvalue weighted by molar-refractivity contribution is 6.00. The molecular weight excluding hydrogens is 382 g/mol. The number of carboxylic acids is 1. The van der Waals surface area contributed by atoms with E-state index in [1.54, 1.807) is 24.7 Å². The van der Waals surface area contributed by atoms with Crippen molar-refractivity contribution in [1.82, 2.24) is 24.6 Å². The minimum Gasteiger partial charge on any atom is -0.481 e. The third kappa shape index (κ3) is 4.44. The van der Waals surface area contributed by atoms with E-state index in [9.17, 15) is 14.7 Å². The smallest absolute Gasteiger partial charge is 0.306 e. The van der Waals surface area contributed by atoms with E-state index in [-0.39, 0.29) is 17.7 Å². The van der Waals surface area contributed by atoms with Gasteiger partial charge in [-0.3, -0.25) is 14.5 Å². The van der Waals surface area contributed by atoms with E-state index >= 15 is 0 Å². The fourth-order valence-corrected chi connectivity index (χ4v) is 3.87. The highest BCUT2D eigenvalue weighted by Gasteiger charge is 2.32. The van der Waals surface area contributed by atoms with Gasteiger partial charge in [0.25, 0.3) is 0 Å². The molecule has 30 heavy (non-hydrogen) atoms. The molecule has 0 aliphatic carbocycles. The topological polar surface area (TPSA) is 101 Å². The summed E-state index contributed by atoms with van der Waals surface area (Å²) in [7, 11) is 0. The molecule has 4 rings (SSSR count). The molecule has 1 aliphatic heterocycles. The number of hydrogen-bond acceptors (Lipinski definition) is 6. The fraction of sp³-hybridized carbons (Fsp3) is 0.318. The first-order chi connectivity index (χ1) is 14.6. The number of ketones is 1. The van der Waals surface area contributed by atoms with Crippen LogP contribution in [0, 0.1) is 5.92 Å². The molecule has 2 aromatic heterocycles. The molecule has 154 valence electrons. The van der Waals surface area contributed by atoms with Crippen LogP contribution in [0.25, 0.3) is 5.82 Å². The first-order valence-corrected chi connectivity index (χ1v) is 9.98. The zero-order chi connectivity index (χ0) is 20.9. The molecule has 3 heterocycles. The maximum Gasteiger partial charge on any atom is 0.306 e. The zero-order valence-electron chi connectivity index (χ0n) is 16.5. The van der Waals surface area contributed by atoms with Gasteiger partial charge in [-0.25, -0.2) is 14.6 Å². The van der Waals surface area contributed by atoms with Crippen molar-refractivity contribution >= 4 is 11.8 Å². The number of benzene rings is 1. The molecule has 1 unspecified atom stereocenters. The van der Waals surface area contributed by atoms with Crippen molar-refractivity contribution in [2.45, 2.75) is 25.3 Å². The molecule has 8 heteroatoms. The van der Waals surface area contributed by atoms with Crippen molar-refractivity contribution < 1.29 is 14.7 Å². The number of piperidine rings is 1. The number of aromatic nitrogens is 4. The minimum atomic E-state index is -0.756. The number of carbonyl (C=O) groups is 2. The summed E-state index contributed by atoms with van der Waals surface area (Å²) in [5, 5.41) is 13.3. The lowest BCUT2D eigenvalue weighted by atomic mass is 9.91. The molecule has 1 atom stereocenters. The van der Waals surface area contributed by atoms with Crippen LogP contribution in [0.3, 0.4) is 0 Å². The quantitative estimate of drug-likeness (QED) is 0.602. The highest BCUT2D eigenvalue weighted by Crippen LogP contribution is 2.23. The maximum atomic E-state index is 13.4. The summed E-state index contributed by atoms with van der Waals surface area (Å²) < 4.78 is 1.53. The van der Waals surface area contributed by atoms with Crippen LogP contribution in [-0.4, -0.2) is 60.6 Å². The van der Waals surface area contributed by atoms with Crippen LogP contribution in [0.15, 0.2) is 61.3 Å². The van der Waals surface area contributed by atoms with Crippen molar-refractivity contribution in [2.24, 2.45) is 5.92 Å². The average molecular weight is 405 g/mol. The first-order valence-electron chi connectivity index (χ1n) is 9.98. The van der Waals surface area contributed by atoms with E-state index in [1.165, 1.54) is 11.0 Å². The van der Waals surface area contributed by atoms with Crippen LogP contribution in [-0.2, 0) is 11.2 Å². The summed E-state index contributed by atoms with van der Waals surface area (Å²) in [6.07, 6.45) is 6.23.